The first kappa shape index (κ1) is 11.3. The van der Waals surface area contributed by atoms with Crippen molar-refractivity contribution in [3.05, 3.63) is 23.9 Å². The average Bonchev–Trinajstić information content (AvgIpc) is 2.87. The number of methoxy groups -OCH3 is 1. The third-order valence-corrected chi connectivity index (χ3v) is 2.67. The highest BCUT2D eigenvalue weighted by atomic mass is 16.5. The van der Waals surface area contributed by atoms with Crippen LogP contribution in [0.3, 0.4) is 0 Å². The smallest absolute Gasteiger partial charge is 0.233 e. The normalized spacial score (nSPS) is 24.1. The Kier molecular flexibility index (Phi) is 3.69. The van der Waals surface area contributed by atoms with E-state index in [0.29, 0.717) is 5.89 Å². The van der Waals surface area contributed by atoms with Crippen molar-refractivity contribution >= 4 is 0 Å². The fourth-order valence-corrected chi connectivity index (χ4v) is 1.80. The van der Waals surface area contributed by atoms with Gasteiger partial charge in [0.2, 0.25) is 5.89 Å². The second-order valence-corrected chi connectivity index (χ2v) is 4.04. The summed E-state index contributed by atoms with van der Waals surface area (Å²) in [4.78, 5) is 4.36. The average molecular weight is 223 g/mol. The van der Waals surface area contributed by atoms with E-state index in [-0.39, 0.29) is 12.0 Å². The quantitative estimate of drug-likeness (QED) is 0.596. The van der Waals surface area contributed by atoms with Gasteiger partial charge in [0.25, 0.3) is 0 Å². The van der Waals surface area contributed by atoms with Gasteiger partial charge in [-0.25, -0.2) is 0 Å². The van der Waals surface area contributed by atoms with Crippen LogP contribution in [0.25, 0.3) is 0 Å². The first-order valence-corrected chi connectivity index (χ1v) is 5.55. The molecule has 0 bridgehead atoms. The van der Waals surface area contributed by atoms with E-state index in [4.69, 9.17) is 15.0 Å². The lowest BCUT2D eigenvalue weighted by atomic mass is 10.1. The number of aromatic nitrogens is 2. The number of ether oxygens (including phenoxy) is 1. The molecular formula is C11H17N3O2. The predicted molar refractivity (Wildman–Crippen MR) is 59.0 cm³/mol. The van der Waals surface area contributed by atoms with Crippen molar-refractivity contribution in [2.45, 2.75) is 31.2 Å². The van der Waals surface area contributed by atoms with Crippen LogP contribution in [0.1, 0.15) is 30.5 Å². The highest BCUT2D eigenvalue weighted by Crippen LogP contribution is 2.26. The van der Waals surface area contributed by atoms with Gasteiger partial charge in [0.15, 0.2) is 5.82 Å². The van der Waals surface area contributed by atoms with Crippen LogP contribution < -0.4 is 5.73 Å². The van der Waals surface area contributed by atoms with Crippen molar-refractivity contribution in [2.24, 2.45) is 5.73 Å². The zero-order chi connectivity index (χ0) is 11.4. The van der Waals surface area contributed by atoms with Crippen molar-refractivity contribution in [2.75, 3.05) is 13.7 Å². The van der Waals surface area contributed by atoms with Gasteiger partial charge in [-0.15, -0.1) is 0 Å². The third-order valence-electron chi connectivity index (χ3n) is 2.67. The SMILES string of the molecule is COCCCc1noc(C2C=CC(N)C2)n1. The minimum absolute atomic E-state index is 0.119. The maximum absolute atomic E-state index is 5.77. The van der Waals surface area contributed by atoms with Crippen LogP contribution in [0.4, 0.5) is 0 Å². The van der Waals surface area contributed by atoms with Gasteiger partial charge in [-0.05, 0) is 12.8 Å². The Morgan fingerprint density at radius 3 is 3.12 bits per heavy atom. The molecule has 5 nitrogen and oxygen atoms in total. The molecule has 0 aromatic carbocycles. The number of nitrogens with two attached hydrogens (primary N) is 1. The standard InChI is InChI=1S/C11H17N3O2/c1-15-6-2-3-10-13-11(16-14-10)8-4-5-9(12)7-8/h4-5,8-9H,2-3,6-7,12H2,1H3. The molecule has 1 heterocycles. The minimum Gasteiger partial charge on any atom is -0.385 e. The molecule has 2 unspecified atom stereocenters. The maximum atomic E-state index is 5.77. The van der Waals surface area contributed by atoms with Gasteiger partial charge in [0.1, 0.15) is 0 Å². The van der Waals surface area contributed by atoms with Gasteiger partial charge < -0.3 is 15.0 Å². The topological polar surface area (TPSA) is 74.2 Å². The maximum Gasteiger partial charge on any atom is 0.233 e. The largest absolute Gasteiger partial charge is 0.385 e. The van der Waals surface area contributed by atoms with Gasteiger partial charge in [-0.1, -0.05) is 17.3 Å². The number of hydrogen-bond donors (Lipinski definition) is 1. The molecule has 0 amide bonds. The van der Waals surface area contributed by atoms with Gasteiger partial charge in [0, 0.05) is 26.2 Å². The molecule has 0 radical (unpaired) electrons. The summed E-state index contributed by atoms with van der Waals surface area (Å²) < 4.78 is 10.2. The molecule has 1 aliphatic carbocycles. The number of nitrogens with zero attached hydrogens (tertiary/aromatic N) is 2. The first-order chi connectivity index (χ1) is 7.79. The summed E-state index contributed by atoms with van der Waals surface area (Å²) in [5.74, 6) is 1.62. The zero-order valence-electron chi connectivity index (χ0n) is 9.43. The lowest BCUT2D eigenvalue weighted by Gasteiger charge is -2.01. The molecule has 0 spiro atoms. The van der Waals surface area contributed by atoms with Gasteiger partial charge >= 0.3 is 0 Å². The summed E-state index contributed by atoms with van der Waals surface area (Å²) in [6.45, 7) is 0.720. The third kappa shape index (κ3) is 2.68. The molecule has 0 saturated carbocycles. The fourth-order valence-electron chi connectivity index (χ4n) is 1.80. The van der Waals surface area contributed by atoms with Crippen molar-refractivity contribution in [3.63, 3.8) is 0 Å². The molecule has 2 atom stereocenters. The Bertz CT molecular complexity index is 362. The van der Waals surface area contributed by atoms with Crippen LogP contribution in [0, 0.1) is 0 Å². The van der Waals surface area contributed by atoms with Crippen molar-refractivity contribution in [3.8, 4) is 0 Å². The highest BCUT2D eigenvalue weighted by molar-refractivity contribution is 5.15. The Balaban J connectivity index is 1.89. The Hall–Kier alpha value is -1.20. The summed E-state index contributed by atoms with van der Waals surface area (Å²) in [5.41, 5.74) is 5.77. The lowest BCUT2D eigenvalue weighted by Crippen LogP contribution is -2.14. The molecule has 1 aromatic rings. The van der Waals surface area contributed by atoms with Crippen molar-refractivity contribution < 1.29 is 9.26 Å². The second-order valence-electron chi connectivity index (χ2n) is 4.04. The van der Waals surface area contributed by atoms with Crippen LogP contribution in [0.5, 0.6) is 0 Å². The number of rotatable bonds is 5. The summed E-state index contributed by atoms with van der Waals surface area (Å²) >= 11 is 0. The van der Waals surface area contributed by atoms with E-state index in [1.807, 2.05) is 12.2 Å². The summed E-state index contributed by atoms with van der Waals surface area (Å²) in [6, 6.07) is 0.119. The lowest BCUT2D eigenvalue weighted by molar-refractivity contribution is 0.194. The molecule has 0 fully saturated rings. The Morgan fingerprint density at radius 1 is 1.56 bits per heavy atom. The fraction of sp³-hybridized carbons (Fsp3) is 0.636. The molecule has 88 valence electrons. The number of hydrogen-bond acceptors (Lipinski definition) is 5. The molecule has 5 heteroatoms. The first-order valence-electron chi connectivity index (χ1n) is 5.55. The Morgan fingerprint density at radius 2 is 2.44 bits per heavy atom. The van der Waals surface area contributed by atoms with Crippen molar-refractivity contribution in [1.29, 1.82) is 0 Å². The van der Waals surface area contributed by atoms with E-state index in [0.717, 1.165) is 31.7 Å². The van der Waals surface area contributed by atoms with E-state index in [1.165, 1.54) is 0 Å². The van der Waals surface area contributed by atoms with Gasteiger partial charge in [0.05, 0.1) is 5.92 Å². The molecule has 2 rings (SSSR count). The minimum atomic E-state index is 0.119. The molecule has 2 N–H and O–H groups in total. The Labute approximate surface area is 94.7 Å². The highest BCUT2D eigenvalue weighted by Gasteiger charge is 2.22. The van der Waals surface area contributed by atoms with Crippen LogP contribution in [-0.4, -0.2) is 29.9 Å². The van der Waals surface area contributed by atoms with Crippen molar-refractivity contribution in [1.82, 2.24) is 10.1 Å². The molecule has 1 aliphatic rings. The van der Waals surface area contributed by atoms with Crippen LogP contribution >= 0.6 is 0 Å². The van der Waals surface area contributed by atoms with Crippen LogP contribution in [0.15, 0.2) is 16.7 Å². The van der Waals surface area contributed by atoms with E-state index in [1.54, 1.807) is 7.11 Å². The van der Waals surface area contributed by atoms with Gasteiger partial charge in [-0.2, -0.15) is 4.98 Å². The van der Waals surface area contributed by atoms with E-state index in [9.17, 15) is 0 Å². The molecule has 0 aliphatic heterocycles. The molecule has 16 heavy (non-hydrogen) atoms. The zero-order valence-corrected chi connectivity index (χ0v) is 9.43. The van der Waals surface area contributed by atoms with Gasteiger partial charge in [-0.3, -0.25) is 0 Å². The summed E-state index contributed by atoms with van der Waals surface area (Å²) in [6.07, 6.45) is 6.59. The molecule has 1 aromatic heterocycles. The monoisotopic (exact) mass is 223 g/mol. The summed E-state index contributed by atoms with van der Waals surface area (Å²) in [5, 5.41) is 3.94. The number of aryl methyl sites for hydroxylation is 1. The molecular weight excluding hydrogens is 206 g/mol. The van der Waals surface area contributed by atoms with E-state index in [2.05, 4.69) is 10.1 Å². The molecule has 0 saturated heterocycles. The van der Waals surface area contributed by atoms with Crippen LogP contribution in [0.2, 0.25) is 0 Å². The predicted octanol–water partition coefficient (Wildman–Crippen LogP) is 1.02. The van der Waals surface area contributed by atoms with Crippen LogP contribution in [-0.2, 0) is 11.2 Å². The van der Waals surface area contributed by atoms with E-state index >= 15 is 0 Å². The number of allylic oxidation sites excluding steroid dienone is 1. The van der Waals surface area contributed by atoms with E-state index < -0.39 is 0 Å². The summed E-state index contributed by atoms with van der Waals surface area (Å²) in [7, 11) is 1.69. The second kappa shape index (κ2) is 5.23.